The van der Waals surface area contributed by atoms with Gasteiger partial charge in [0.25, 0.3) is 11.8 Å². The fraction of sp³-hybridized carbons (Fsp3) is 0.200. The Morgan fingerprint density at radius 3 is 2.32 bits per heavy atom. The Bertz CT molecular complexity index is 896. The molecule has 28 heavy (non-hydrogen) atoms. The molecular formula is C20H19BrN2O5. The van der Waals surface area contributed by atoms with Gasteiger partial charge in [-0.25, -0.2) is 0 Å². The Kier molecular flexibility index (Phi) is 7.45. The summed E-state index contributed by atoms with van der Waals surface area (Å²) in [7, 11) is 0. The first-order valence-electron chi connectivity index (χ1n) is 8.42. The number of hydrogen-bond donors (Lipinski definition) is 2. The first kappa shape index (κ1) is 21.3. The largest absolute Gasteiger partial charge is 0.451 e. The van der Waals surface area contributed by atoms with Crippen LogP contribution in [0, 0.1) is 0 Å². The van der Waals surface area contributed by atoms with E-state index in [1.165, 1.54) is 13.8 Å². The van der Waals surface area contributed by atoms with Gasteiger partial charge in [0.05, 0.1) is 5.69 Å². The molecule has 0 spiro atoms. The molecule has 2 aromatic rings. The molecule has 1 atom stereocenters. The molecule has 2 N–H and O–H groups in total. The van der Waals surface area contributed by atoms with Crippen LogP contribution in [0.1, 0.15) is 34.6 Å². The van der Waals surface area contributed by atoms with Gasteiger partial charge in [0.2, 0.25) is 0 Å². The van der Waals surface area contributed by atoms with Crippen LogP contribution in [0.2, 0.25) is 0 Å². The van der Waals surface area contributed by atoms with Gasteiger partial charge in [-0.2, -0.15) is 0 Å². The molecule has 1 unspecified atom stereocenters. The van der Waals surface area contributed by atoms with E-state index in [9.17, 15) is 19.2 Å². The average Bonchev–Trinajstić information content (AvgIpc) is 2.66. The minimum absolute atomic E-state index is 0.198. The van der Waals surface area contributed by atoms with Crippen LogP contribution in [-0.4, -0.2) is 36.2 Å². The molecule has 0 fully saturated rings. The summed E-state index contributed by atoms with van der Waals surface area (Å²) in [6, 6.07) is 13.2. The number of esters is 1. The van der Waals surface area contributed by atoms with Crippen LogP contribution in [0.15, 0.2) is 53.0 Å². The predicted molar refractivity (Wildman–Crippen MR) is 107 cm³/mol. The van der Waals surface area contributed by atoms with Crippen molar-refractivity contribution in [2.75, 3.05) is 11.9 Å². The molecule has 0 aromatic heterocycles. The number of anilines is 1. The summed E-state index contributed by atoms with van der Waals surface area (Å²) in [5.41, 5.74) is 1.09. The normalized spacial score (nSPS) is 11.2. The molecule has 0 heterocycles. The smallest absolute Gasteiger partial charge is 0.326 e. The average molecular weight is 447 g/mol. The van der Waals surface area contributed by atoms with Crippen molar-refractivity contribution in [3.63, 3.8) is 0 Å². The lowest BCUT2D eigenvalue weighted by Gasteiger charge is -2.15. The number of Topliss-reactive ketones (excluding diaryl/α,β-unsaturated/α-hetero) is 1. The third kappa shape index (κ3) is 6.02. The van der Waals surface area contributed by atoms with E-state index in [4.69, 9.17) is 4.74 Å². The summed E-state index contributed by atoms with van der Waals surface area (Å²) in [6.45, 7) is 2.42. The van der Waals surface area contributed by atoms with Crippen molar-refractivity contribution in [2.45, 2.75) is 20.0 Å². The van der Waals surface area contributed by atoms with Gasteiger partial charge >= 0.3 is 5.97 Å². The van der Waals surface area contributed by atoms with Crippen molar-refractivity contribution in [1.29, 1.82) is 0 Å². The number of amides is 2. The molecule has 0 aliphatic heterocycles. The van der Waals surface area contributed by atoms with Gasteiger partial charge < -0.3 is 15.4 Å². The van der Waals surface area contributed by atoms with E-state index in [0.29, 0.717) is 16.8 Å². The molecule has 0 saturated heterocycles. The molecule has 146 valence electrons. The molecule has 2 rings (SSSR count). The summed E-state index contributed by atoms with van der Waals surface area (Å²) in [4.78, 5) is 47.7. The zero-order valence-corrected chi connectivity index (χ0v) is 16.9. The van der Waals surface area contributed by atoms with Crippen molar-refractivity contribution in [1.82, 2.24) is 5.32 Å². The third-order valence-electron chi connectivity index (χ3n) is 3.74. The quantitative estimate of drug-likeness (QED) is 0.502. The number of carbonyl (C=O) groups is 4. The minimum Gasteiger partial charge on any atom is -0.451 e. The van der Waals surface area contributed by atoms with Gasteiger partial charge in [-0.15, -0.1) is 0 Å². The van der Waals surface area contributed by atoms with Gasteiger partial charge in [0, 0.05) is 15.6 Å². The summed E-state index contributed by atoms with van der Waals surface area (Å²) in [5.74, 6) is -1.97. The van der Waals surface area contributed by atoms with E-state index in [1.807, 2.05) is 0 Å². The number of ketones is 1. The van der Waals surface area contributed by atoms with Crippen molar-refractivity contribution >= 4 is 45.2 Å². The number of benzene rings is 2. The number of hydrogen-bond acceptors (Lipinski definition) is 5. The van der Waals surface area contributed by atoms with E-state index in [0.717, 1.165) is 4.47 Å². The number of carbonyl (C=O) groups excluding carboxylic acids is 4. The maximum Gasteiger partial charge on any atom is 0.326 e. The molecule has 0 saturated carbocycles. The van der Waals surface area contributed by atoms with E-state index in [2.05, 4.69) is 26.6 Å². The molecule has 0 bridgehead atoms. The van der Waals surface area contributed by atoms with E-state index >= 15 is 0 Å². The topological polar surface area (TPSA) is 102 Å². The second-order valence-electron chi connectivity index (χ2n) is 5.91. The molecule has 2 amide bonds. The SMILES string of the molecule is CC(=O)c1ccccc1NC(=O)C(C)OC(=O)CNC(=O)c1ccc(Br)cc1. The Balaban J connectivity index is 1.86. The number of halogens is 1. The molecule has 7 nitrogen and oxygen atoms in total. The number of para-hydroxylation sites is 1. The zero-order chi connectivity index (χ0) is 20.7. The maximum absolute atomic E-state index is 12.2. The lowest BCUT2D eigenvalue weighted by Crippen LogP contribution is -2.36. The van der Waals surface area contributed by atoms with Gasteiger partial charge in [-0.05, 0) is 50.2 Å². The monoisotopic (exact) mass is 446 g/mol. The van der Waals surface area contributed by atoms with Gasteiger partial charge in [0.1, 0.15) is 6.54 Å². The molecule has 8 heteroatoms. The van der Waals surface area contributed by atoms with Crippen LogP contribution in [0.3, 0.4) is 0 Å². The van der Waals surface area contributed by atoms with Gasteiger partial charge in [-0.1, -0.05) is 28.1 Å². The fourth-order valence-corrected chi connectivity index (χ4v) is 2.55. The Morgan fingerprint density at radius 2 is 1.68 bits per heavy atom. The fourth-order valence-electron chi connectivity index (χ4n) is 2.28. The molecule has 2 aromatic carbocycles. The van der Waals surface area contributed by atoms with Crippen molar-refractivity contribution < 1.29 is 23.9 Å². The second kappa shape index (κ2) is 9.80. The van der Waals surface area contributed by atoms with Gasteiger partial charge in [0.15, 0.2) is 11.9 Å². The minimum atomic E-state index is -1.10. The van der Waals surface area contributed by atoms with E-state index in [-0.39, 0.29) is 12.3 Å². The Labute approximate surface area is 170 Å². The highest BCUT2D eigenvalue weighted by molar-refractivity contribution is 9.10. The molecule has 0 radical (unpaired) electrons. The molecule has 0 aliphatic carbocycles. The Morgan fingerprint density at radius 1 is 1.04 bits per heavy atom. The highest BCUT2D eigenvalue weighted by atomic mass is 79.9. The first-order valence-corrected chi connectivity index (χ1v) is 9.21. The van der Waals surface area contributed by atoms with Crippen LogP contribution in [0.4, 0.5) is 5.69 Å². The van der Waals surface area contributed by atoms with Crippen molar-refractivity contribution in [3.05, 3.63) is 64.1 Å². The standard InChI is InChI=1S/C20H19BrN2O5/c1-12(24)16-5-3-4-6-17(16)23-19(26)13(2)28-18(25)11-22-20(27)14-7-9-15(21)10-8-14/h3-10,13H,11H2,1-2H3,(H,22,27)(H,23,26). The summed E-state index contributed by atoms with van der Waals surface area (Å²) >= 11 is 3.27. The highest BCUT2D eigenvalue weighted by Gasteiger charge is 2.20. The lowest BCUT2D eigenvalue weighted by atomic mass is 10.1. The van der Waals surface area contributed by atoms with Crippen LogP contribution in [0.25, 0.3) is 0 Å². The van der Waals surface area contributed by atoms with E-state index < -0.39 is 23.9 Å². The molecular weight excluding hydrogens is 428 g/mol. The third-order valence-corrected chi connectivity index (χ3v) is 4.27. The van der Waals surface area contributed by atoms with Gasteiger partial charge in [-0.3, -0.25) is 19.2 Å². The van der Waals surface area contributed by atoms with E-state index in [1.54, 1.807) is 48.5 Å². The lowest BCUT2D eigenvalue weighted by molar-refractivity contribution is -0.152. The maximum atomic E-state index is 12.2. The summed E-state index contributed by atoms with van der Waals surface area (Å²) in [5, 5.41) is 5.00. The van der Waals surface area contributed by atoms with Crippen LogP contribution in [-0.2, 0) is 14.3 Å². The molecule has 0 aliphatic rings. The van der Waals surface area contributed by atoms with Crippen LogP contribution < -0.4 is 10.6 Å². The number of nitrogens with one attached hydrogen (secondary N) is 2. The Hall–Kier alpha value is -3.00. The highest BCUT2D eigenvalue weighted by Crippen LogP contribution is 2.16. The van der Waals surface area contributed by atoms with Crippen LogP contribution in [0.5, 0.6) is 0 Å². The first-order chi connectivity index (χ1) is 13.3. The summed E-state index contributed by atoms with van der Waals surface area (Å²) < 4.78 is 5.86. The number of rotatable bonds is 7. The second-order valence-corrected chi connectivity index (χ2v) is 6.83. The van der Waals surface area contributed by atoms with Crippen LogP contribution >= 0.6 is 15.9 Å². The summed E-state index contributed by atoms with van der Waals surface area (Å²) in [6.07, 6.45) is -1.10. The van der Waals surface area contributed by atoms with Crippen molar-refractivity contribution in [3.8, 4) is 0 Å². The predicted octanol–water partition coefficient (Wildman–Crippen LogP) is 2.95. The zero-order valence-electron chi connectivity index (χ0n) is 15.3. The number of ether oxygens (including phenoxy) is 1. The van der Waals surface area contributed by atoms with Crippen molar-refractivity contribution in [2.24, 2.45) is 0 Å².